The first-order valence-corrected chi connectivity index (χ1v) is 10.6. The van der Waals surface area contributed by atoms with Gasteiger partial charge in [-0.2, -0.15) is 0 Å². The summed E-state index contributed by atoms with van der Waals surface area (Å²) in [4.78, 5) is 18.1. The fourth-order valence-electron chi connectivity index (χ4n) is 3.92. The largest absolute Gasteiger partial charge is 0.459 e. The van der Waals surface area contributed by atoms with E-state index in [2.05, 4.69) is 26.6 Å². The number of amides is 1. The third-order valence-electron chi connectivity index (χ3n) is 5.31. The molecule has 5 nitrogen and oxygen atoms in total. The number of para-hydroxylation sites is 1. The Morgan fingerprint density at radius 3 is 2.55 bits per heavy atom. The Hall–Kier alpha value is -2.64. The molecule has 1 N–H and O–H groups in total. The van der Waals surface area contributed by atoms with Crippen molar-refractivity contribution in [2.75, 3.05) is 31.1 Å². The Kier molecular flexibility index (Phi) is 5.97. The van der Waals surface area contributed by atoms with Gasteiger partial charge in [0.05, 0.1) is 18.0 Å². The van der Waals surface area contributed by atoms with Gasteiger partial charge >= 0.3 is 0 Å². The second-order valence-electron chi connectivity index (χ2n) is 7.17. The van der Waals surface area contributed by atoms with Gasteiger partial charge in [-0.25, -0.2) is 4.39 Å². The minimum atomic E-state index is -0.214. The van der Waals surface area contributed by atoms with E-state index in [0.717, 1.165) is 26.2 Å². The second kappa shape index (κ2) is 8.80. The zero-order chi connectivity index (χ0) is 20.2. The Morgan fingerprint density at radius 1 is 1.10 bits per heavy atom. The van der Waals surface area contributed by atoms with Gasteiger partial charge in [0, 0.05) is 37.1 Å². The van der Waals surface area contributed by atoms with Crippen LogP contribution < -0.4 is 10.2 Å². The van der Waals surface area contributed by atoms with E-state index in [0.29, 0.717) is 11.4 Å². The van der Waals surface area contributed by atoms with Crippen LogP contribution in [-0.4, -0.2) is 43.0 Å². The van der Waals surface area contributed by atoms with Crippen molar-refractivity contribution < 1.29 is 13.6 Å². The highest BCUT2D eigenvalue weighted by Gasteiger charge is 2.31. The van der Waals surface area contributed by atoms with E-state index in [1.54, 1.807) is 29.5 Å². The van der Waals surface area contributed by atoms with Gasteiger partial charge in [-0.05, 0) is 42.6 Å². The quantitative estimate of drug-likeness (QED) is 0.659. The van der Waals surface area contributed by atoms with Crippen LogP contribution in [0, 0.1) is 5.82 Å². The standard InChI is InChI=1S/C22H24FN3O2S/c1-16(24-22(27)19-8-4-14-28-19)21(20-9-5-15-29-20)26-12-10-25(11-13-26)18-7-3-2-6-17(18)23/h2-9,14-16,21H,10-13H2,1H3,(H,24,27)/t16-,21-/m0/s1. The Labute approximate surface area is 173 Å². The van der Waals surface area contributed by atoms with Crippen LogP contribution in [0.3, 0.4) is 0 Å². The summed E-state index contributed by atoms with van der Waals surface area (Å²) in [7, 11) is 0. The van der Waals surface area contributed by atoms with Crippen molar-refractivity contribution in [3.05, 3.63) is 76.6 Å². The highest BCUT2D eigenvalue weighted by atomic mass is 32.1. The molecule has 152 valence electrons. The van der Waals surface area contributed by atoms with Crippen LogP contribution >= 0.6 is 11.3 Å². The predicted molar refractivity (Wildman–Crippen MR) is 113 cm³/mol. The summed E-state index contributed by atoms with van der Waals surface area (Å²) in [5, 5.41) is 5.13. The van der Waals surface area contributed by atoms with E-state index in [-0.39, 0.29) is 23.8 Å². The number of benzene rings is 1. The molecule has 1 aromatic carbocycles. The maximum Gasteiger partial charge on any atom is 0.287 e. The topological polar surface area (TPSA) is 48.7 Å². The lowest BCUT2D eigenvalue weighted by molar-refractivity contribution is 0.0863. The molecule has 0 spiro atoms. The first-order chi connectivity index (χ1) is 14.1. The van der Waals surface area contributed by atoms with Crippen molar-refractivity contribution in [3.8, 4) is 0 Å². The molecule has 1 amide bonds. The first kappa shape index (κ1) is 19.7. The van der Waals surface area contributed by atoms with Gasteiger partial charge in [0.1, 0.15) is 5.82 Å². The van der Waals surface area contributed by atoms with E-state index in [1.165, 1.54) is 17.2 Å². The van der Waals surface area contributed by atoms with Crippen LogP contribution in [0.2, 0.25) is 0 Å². The third kappa shape index (κ3) is 4.36. The molecule has 2 atom stereocenters. The van der Waals surface area contributed by atoms with Gasteiger partial charge in [0.2, 0.25) is 0 Å². The van der Waals surface area contributed by atoms with Crippen LogP contribution in [0.15, 0.2) is 64.6 Å². The predicted octanol–water partition coefficient (Wildman–Crippen LogP) is 4.16. The third-order valence-corrected chi connectivity index (χ3v) is 6.26. The summed E-state index contributed by atoms with van der Waals surface area (Å²) in [6.45, 7) is 5.08. The number of nitrogens with zero attached hydrogens (tertiary/aromatic N) is 2. The number of nitrogens with one attached hydrogen (secondary N) is 1. The minimum Gasteiger partial charge on any atom is -0.459 e. The first-order valence-electron chi connectivity index (χ1n) is 9.75. The second-order valence-corrected chi connectivity index (χ2v) is 8.15. The summed E-state index contributed by atoms with van der Waals surface area (Å²) < 4.78 is 19.4. The number of hydrogen-bond acceptors (Lipinski definition) is 5. The number of hydrogen-bond donors (Lipinski definition) is 1. The highest BCUT2D eigenvalue weighted by molar-refractivity contribution is 7.10. The van der Waals surface area contributed by atoms with Gasteiger partial charge in [0.15, 0.2) is 5.76 Å². The fourth-order valence-corrected chi connectivity index (χ4v) is 4.88. The maximum absolute atomic E-state index is 14.1. The zero-order valence-electron chi connectivity index (χ0n) is 16.3. The van der Waals surface area contributed by atoms with E-state index in [4.69, 9.17) is 4.42 Å². The molecule has 3 aromatic rings. The van der Waals surface area contributed by atoms with Crippen molar-refractivity contribution in [2.45, 2.75) is 19.0 Å². The van der Waals surface area contributed by atoms with Crippen molar-refractivity contribution in [2.24, 2.45) is 0 Å². The van der Waals surface area contributed by atoms with Crippen LogP contribution in [0.4, 0.5) is 10.1 Å². The molecule has 7 heteroatoms. The molecule has 2 aromatic heterocycles. The van der Waals surface area contributed by atoms with Crippen LogP contribution in [0.5, 0.6) is 0 Å². The average Bonchev–Trinajstić information content (AvgIpc) is 3.44. The molecule has 0 saturated carbocycles. The number of furan rings is 1. The van der Waals surface area contributed by atoms with E-state index in [1.807, 2.05) is 25.1 Å². The van der Waals surface area contributed by atoms with Gasteiger partial charge < -0.3 is 14.6 Å². The minimum absolute atomic E-state index is 0.0525. The molecule has 3 heterocycles. The van der Waals surface area contributed by atoms with Crippen molar-refractivity contribution in [1.29, 1.82) is 0 Å². The summed E-state index contributed by atoms with van der Waals surface area (Å²) in [6, 6.07) is 14.4. The van der Waals surface area contributed by atoms with Crippen LogP contribution in [0.25, 0.3) is 0 Å². The van der Waals surface area contributed by atoms with Crippen molar-refractivity contribution in [1.82, 2.24) is 10.2 Å². The molecule has 0 radical (unpaired) electrons. The molecule has 1 fully saturated rings. The fraction of sp³-hybridized carbons (Fsp3) is 0.318. The molecule has 1 aliphatic heterocycles. The molecule has 0 aliphatic carbocycles. The summed E-state index contributed by atoms with van der Waals surface area (Å²) in [5.41, 5.74) is 0.652. The smallest absolute Gasteiger partial charge is 0.287 e. The lowest BCUT2D eigenvalue weighted by Gasteiger charge is -2.42. The van der Waals surface area contributed by atoms with E-state index >= 15 is 0 Å². The van der Waals surface area contributed by atoms with Crippen molar-refractivity contribution >= 4 is 22.9 Å². The summed E-state index contributed by atoms with van der Waals surface area (Å²) in [6.07, 6.45) is 1.50. The summed E-state index contributed by atoms with van der Waals surface area (Å²) in [5.74, 6) is -0.0879. The Morgan fingerprint density at radius 2 is 1.90 bits per heavy atom. The SMILES string of the molecule is C[C@H](NC(=O)c1ccco1)[C@@H](c1cccs1)N1CCN(c2ccccc2F)CC1. The zero-order valence-corrected chi connectivity index (χ0v) is 17.1. The molecular weight excluding hydrogens is 389 g/mol. The Bertz CT molecular complexity index is 921. The highest BCUT2D eigenvalue weighted by Crippen LogP contribution is 2.30. The monoisotopic (exact) mass is 413 g/mol. The van der Waals surface area contributed by atoms with Gasteiger partial charge in [-0.3, -0.25) is 9.69 Å². The Balaban J connectivity index is 1.47. The van der Waals surface area contributed by atoms with Gasteiger partial charge in [0.25, 0.3) is 5.91 Å². The van der Waals surface area contributed by atoms with Crippen LogP contribution in [-0.2, 0) is 0 Å². The molecule has 0 unspecified atom stereocenters. The summed E-state index contributed by atoms with van der Waals surface area (Å²) >= 11 is 1.69. The van der Waals surface area contributed by atoms with E-state index < -0.39 is 0 Å². The van der Waals surface area contributed by atoms with Crippen LogP contribution in [0.1, 0.15) is 28.4 Å². The van der Waals surface area contributed by atoms with Crippen molar-refractivity contribution in [3.63, 3.8) is 0 Å². The molecule has 1 saturated heterocycles. The number of halogens is 1. The number of rotatable bonds is 6. The van der Waals surface area contributed by atoms with E-state index in [9.17, 15) is 9.18 Å². The molecular formula is C22H24FN3O2S. The number of carbonyl (C=O) groups excluding carboxylic acids is 1. The molecule has 0 bridgehead atoms. The lowest BCUT2D eigenvalue weighted by atomic mass is 10.0. The van der Waals surface area contributed by atoms with Gasteiger partial charge in [-0.1, -0.05) is 18.2 Å². The number of piperazine rings is 1. The maximum atomic E-state index is 14.1. The van der Waals surface area contributed by atoms with Gasteiger partial charge in [-0.15, -0.1) is 11.3 Å². The molecule has 4 rings (SSSR count). The average molecular weight is 414 g/mol. The molecule has 1 aliphatic rings. The number of carbonyl (C=O) groups is 1. The number of anilines is 1. The lowest BCUT2D eigenvalue weighted by Crippen LogP contribution is -2.52. The molecule has 29 heavy (non-hydrogen) atoms. The number of thiophene rings is 1. The normalized spacial score (nSPS) is 17.1.